The third kappa shape index (κ3) is 4.92. The van der Waals surface area contributed by atoms with E-state index in [0.29, 0.717) is 15.9 Å². The summed E-state index contributed by atoms with van der Waals surface area (Å²) in [6, 6.07) is 5.55. The molecule has 0 aliphatic carbocycles. The minimum Gasteiger partial charge on any atom is -0.364 e. The van der Waals surface area contributed by atoms with Crippen molar-refractivity contribution in [2.24, 2.45) is 0 Å². The van der Waals surface area contributed by atoms with Crippen LogP contribution >= 0.6 is 11.3 Å². The Kier molecular flexibility index (Phi) is 5.51. The summed E-state index contributed by atoms with van der Waals surface area (Å²) < 4.78 is 31.8. The van der Waals surface area contributed by atoms with Crippen LogP contribution in [-0.2, 0) is 23.0 Å². The molecule has 0 radical (unpaired) electrons. The molecule has 0 saturated heterocycles. The van der Waals surface area contributed by atoms with Crippen LogP contribution in [0.3, 0.4) is 0 Å². The number of hydrogen-bond donors (Lipinski definition) is 2. The van der Waals surface area contributed by atoms with Crippen LogP contribution in [0.2, 0.25) is 0 Å². The predicted molar refractivity (Wildman–Crippen MR) is 81.7 cm³/mol. The van der Waals surface area contributed by atoms with E-state index in [0.717, 1.165) is 17.8 Å². The van der Waals surface area contributed by atoms with Crippen LogP contribution in [0.5, 0.6) is 0 Å². The fourth-order valence-electron chi connectivity index (χ4n) is 1.69. The first-order valence-electron chi connectivity index (χ1n) is 6.68. The number of nitrogens with one attached hydrogen (secondary N) is 2. The molecule has 0 amide bonds. The van der Waals surface area contributed by atoms with Crippen molar-refractivity contribution in [1.29, 1.82) is 0 Å². The van der Waals surface area contributed by atoms with Crippen molar-refractivity contribution in [2.75, 3.05) is 6.54 Å². The summed E-state index contributed by atoms with van der Waals surface area (Å²) in [5.41, 5.74) is 0.552. The normalized spacial score (nSPS) is 12.1. The van der Waals surface area contributed by atoms with E-state index in [2.05, 4.69) is 33.6 Å². The highest BCUT2D eigenvalue weighted by atomic mass is 32.2. The summed E-state index contributed by atoms with van der Waals surface area (Å²) in [4.78, 5) is 1.05. The van der Waals surface area contributed by atoms with Gasteiger partial charge in [-0.15, -0.1) is 11.3 Å². The largest absolute Gasteiger partial charge is 0.364 e. The van der Waals surface area contributed by atoms with E-state index in [1.807, 2.05) is 6.07 Å². The van der Waals surface area contributed by atoms with Crippen LogP contribution in [0.25, 0.3) is 0 Å². The molecule has 0 saturated carbocycles. The molecule has 2 heterocycles. The lowest BCUT2D eigenvalue weighted by Gasteiger charge is -2.06. The molecule has 0 fully saturated rings. The van der Waals surface area contributed by atoms with E-state index in [9.17, 15) is 8.42 Å². The zero-order valence-corrected chi connectivity index (χ0v) is 13.6. The molecule has 2 aromatic heterocycles. The maximum atomic E-state index is 12.1. The molecule has 2 N–H and O–H groups in total. The molecule has 0 atom stereocenters. The number of rotatable bonds is 8. The van der Waals surface area contributed by atoms with Crippen molar-refractivity contribution in [2.45, 2.75) is 37.1 Å². The highest BCUT2D eigenvalue weighted by Gasteiger charge is 2.17. The lowest BCUT2D eigenvalue weighted by molar-refractivity contribution is 0.411. The number of thiophene rings is 1. The van der Waals surface area contributed by atoms with Gasteiger partial charge in [0.25, 0.3) is 0 Å². The highest BCUT2D eigenvalue weighted by molar-refractivity contribution is 7.91. The van der Waals surface area contributed by atoms with Crippen molar-refractivity contribution in [1.82, 2.24) is 15.2 Å². The van der Waals surface area contributed by atoms with Crippen molar-refractivity contribution in [3.05, 3.63) is 35.0 Å². The highest BCUT2D eigenvalue weighted by Crippen LogP contribution is 2.21. The van der Waals surface area contributed by atoms with E-state index in [1.54, 1.807) is 12.1 Å². The van der Waals surface area contributed by atoms with Crippen LogP contribution in [0.15, 0.2) is 33.2 Å². The Hall–Kier alpha value is -1.22. The Morgan fingerprint density at radius 1 is 1.33 bits per heavy atom. The molecular formula is C13H19N3O3S2. The second-order valence-corrected chi connectivity index (χ2v) is 8.06. The van der Waals surface area contributed by atoms with Crippen LogP contribution < -0.4 is 10.0 Å². The lowest BCUT2D eigenvalue weighted by atomic mass is 10.3. The molecule has 21 heavy (non-hydrogen) atoms. The van der Waals surface area contributed by atoms with Crippen molar-refractivity contribution < 1.29 is 12.9 Å². The Morgan fingerprint density at radius 2 is 2.14 bits per heavy atom. The van der Waals surface area contributed by atoms with Gasteiger partial charge in [-0.2, -0.15) is 0 Å². The average molecular weight is 329 g/mol. The minimum absolute atomic E-state index is 0.126. The molecule has 6 nitrogen and oxygen atoms in total. The van der Waals surface area contributed by atoms with E-state index >= 15 is 0 Å². The quantitative estimate of drug-likeness (QED) is 0.771. The zero-order chi connectivity index (χ0) is 15.3. The molecular weight excluding hydrogens is 310 g/mol. The van der Waals surface area contributed by atoms with E-state index in [4.69, 9.17) is 0 Å². The van der Waals surface area contributed by atoms with Gasteiger partial charge < -0.3 is 9.84 Å². The minimum atomic E-state index is -3.49. The molecule has 0 aromatic carbocycles. The number of aromatic nitrogens is 1. The third-order valence-electron chi connectivity index (χ3n) is 2.76. The maximum Gasteiger partial charge on any atom is 0.250 e. The predicted octanol–water partition coefficient (Wildman–Crippen LogP) is 1.76. The Balaban J connectivity index is 1.92. The first-order chi connectivity index (χ1) is 9.97. The van der Waals surface area contributed by atoms with Gasteiger partial charge in [-0.1, -0.05) is 19.0 Å². The van der Waals surface area contributed by atoms with Gasteiger partial charge in [0.2, 0.25) is 10.0 Å². The van der Waals surface area contributed by atoms with Gasteiger partial charge in [-0.05, 0) is 18.6 Å². The van der Waals surface area contributed by atoms with Crippen molar-refractivity contribution >= 4 is 21.4 Å². The van der Waals surface area contributed by atoms with Crippen LogP contribution in [0.4, 0.5) is 0 Å². The Labute approximate surface area is 128 Å². The van der Waals surface area contributed by atoms with Gasteiger partial charge in [0.15, 0.2) is 0 Å². The smallest absolute Gasteiger partial charge is 0.250 e. The SMILES string of the molecule is CC(C)NCCc1ccc(S(=O)(=O)NCc2ccon2)s1. The standard InChI is InChI=1S/C13H19N3O3S2/c1-10(2)14-7-5-12-3-4-13(20-12)21(17,18)15-9-11-6-8-19-16-11/h3-4,6,8,10,14-15H,5,7,9H2,1-2H3. The summed E-state index contributed by atoms with van der Waals surface area (Å²) in [5.74, 6) is 0. The average Bonchev–Trinajstić information content (AvgIpc) is 3.07. The molecule has 0 spiro atoms. The van der Waals surface area contributed by atoms with Crippen molar-refractivity contribution in [3.8, 4) is 0 Å². The topological polar surface area (TPSA) is 84.2 Å². The fourth-order valence-corrected chi connectivity index (χ4v) is 4.09. The molecule has 0 bridgehead atoms. The maximum absolute atomic E-state index is 12.1. The summed E-state index contributed by atoms with van der Waals surface area (Å²) in [7, 11) is -3.49. The Morgan fingerprint density at radius 3 is 2.81 bits per heavy atom. The van der Waals surface area contributed by atoms with Crippen LogP contribution in [0, 0.1) is 0 Å². The molecule has 8 heteroatoms. The molecule has 2 rings (SSSR count). The molecule has 0 aliphatic rings. The van der Waals surface area contributed by atoms with E-state index in [-0.39, 0.29) is 6.54 Å². The second kappa shape index (κ2) is 7.17. The summed E-state index contributed by atoms with van der Waals surface area (Å²) in [5, 5.41) is 6.98. The number of hydrogen-bond acceptors (Lipinski definition) is 6. The monoisotopic (exact) mass is 329 g/mol. The van der Waals surface area contributed by atoms with Gasteiger partial charge in [0.05, 0.1) is 12.2 Å². The summed E-state index contributed by atoms with van der Waals surface area (Å²) >= 11 is 1.29. The summed E-state index contributed by atoms with van der Waals surface area (Å²) in [6.45, 7) is 5.13. The van der Waals surface area contributed by atoms with Gasteiger partial charge in [0, 0.05) is 23.5 Å². The van der Waals surface area contributed by atoms with E-state index < -0.39 is 10.0 Å². The van der Waals surface area contributed by atoms with Gasteiger partial charge in [0.1, 0.15) is 10.5 Å². The zero-order valence-electron chi connectivity index (χ0n) is 12.0. The van der Waals surface area contributed by atoms with Gasteiger partial charge in [-0.3, -0.25) is 0 Å². The molecule has 2 aromatic rings. The van der Waals surface area contributed by atoms with E-state index in [1.165, 1.54) is 17.6 Å². The fraction of sp³-hybridized carbons (Fsp3) is 0.462. The first kappa shape index (κ1) is 16.2. The molecule has 0 aliphatic heterocycles. The summed E-state index contributed by atoms with van der Waals surface area (Å²) in [6.07, 6.45) is 2.23. The number of nitrogens with zero attached hydrogens (tertiary/aromatic N) is 1. The molecule has 116 valence electrons. The second-order valence-electron chi connectivity index (χ2n) is 4.89. The van der Waals surface area contributed by atoms with Crippen molar-refractivity contribution in [3.63, 3.8) is 0 Å². The third-order valence-corrected chi connectivity index (χ3v) is 5.80. The van der Waals surface area contributed by atoms with Gasteiger partial charge in [-0.25, -0.2) is 13.1 Å². The Bertz CT molecular complexity index is 648. The number of sulfonamides is 1. The molecule has 0 unspecified atom stereocenters. The first-order valence-corrected chi connectivity index (χ1v) is 8.98. The lowest BCUT2D eigenvalue weighted by Crippen LogP contribution is -2.24. The van der Waals surface area contributed by atoms with Gasteiger partial charge >= 0.3 is 0 Å². The van der Waals surface area contributed by atoms with Crippen LogP contribution in [0.1, 0.15) is 24.4 Å². The van der Waals surface area contributed by atoms with Crippen LogP contribution in [-0.4, -0.2) is 26.2 Å².